The zero-order valence-corrected chi connectivity index (χ0v) is 10.6. The van der Waals surface area contributed by atoms with Gasteiger partial charge < -0.3 is 0 Å². The highest BCUT2D eigenvalue weighted by Crippen LogP contribution is 2.14. The average Bonchev–Trinajstić information content (AvgIpc) is 2.15. The first-order valence-corrected chi connectivity index (χ1v) is 5.57. The van der Waals surface area contributed by atoms with Gasteiger partial charge in [0.25, 0.3) is 0 Å². The van der Waals surface area contributed by atoms with Crippen LogP contribution < -0.4 is 0 Å². The lowest BCUT2D eigenvalue weighted by atomic mass is 10.0. The highest BCUT2D eigenvalue weighted by Gasteiger charge is 2.19. The lowest BCUT2D eigenvalue weighted by Crippen LogP contribution is -2.17. The molecule has 1 aromatic carbocycles. The predicted octanol–water partition coefficient (Wildman–Crippen LogP) is 2.57. The molecule has 2 nitrogen and oxygen atoms in total. The predicted molar refractivity (Wildman–Crippen MR) is 66.6 cm³/mol. The molecule has 0 saturated carbocycles. The van der Waals surface area contributed by atoms with Crippen LogP contribution in [0.3, 0.4) is 0 Å². The van der Waals surface area contributed by atoms with Crippen molar-refractivity contribution >= 4 is 46.1 Å². The van der Waals surface area contributed by atoms with Crippen molar-refractivity contribution in [2.45, 2.75) is 6.92 Å². The summed E-state index contributed by atoms with van der Waals surface area (Å²) in [6, 6.07) is 7.16. The summed E-state index contributed by atoms with van der Waals surface area (Å²) in [5.41, 5.74) is 0.562. The van der Waals surface area contributed by atoms with E-state index >= 15 is 0 Å². The van der Waals surface area contributed by atoms with Crippen LogP contribution in [-0.4, -0.2) is 10.9 Å². The fourth-order valence-corrected chi connectivity index (χ4v) is 1.66. The highest BCUT2D eigenvalue weighted by molar-refractivity contribution is 14.1. The summed E-state index contributed by atoms with van der Waals surface area (Å²) in [6.45, 7) is 1.57. The average molecular weight is 320 g/mol. The normalized spacial score (nSPS) is 12.2. The Hall–Kier alpha value is -0.360. The monoisotopic (exact) mass is 320 g/mol. The zero-order chi connectivity index (χ0) is 10.7. The standard InChI is InChI=1S/C10H9IO2S/c1-6(10(13)14)9(12)7-3-2-4-8(11)5-7/h2-6H,1H3,(H,13,14). The number of carbonyl (C=O) groups is 2. The van der Waals surface area contributed by atoms with Gasteiger partial charge >= 0.3 is 0 Å². The second-order valence-corrected chi connectivity index (χ2v) is 4.62. The minimum Gasteiger partial charge on any atom is -0.293 e. The Bertz CT molecular complexity index is 376. The number of hydrogen-bond donors (Lipinski definition) is 1. The molecule has 0 aromatic heterocycles. The first kappa shape index (κ1) is 11.7. The molecule has 0 radical (unpaired) electrons. The largest absolute Gasteiger partial charge is 0.293 e. The van der Waals surface area contributed by atoms with Crippen LogP contribution in [0.4, 0.5) is 0 Å². The number of ketones is 1. The lowest BCUT2D eigenvalue weighted by molar-refractivity contribution is -0.112. The van der Waals surface area contributed by atoms with Crippen LogP contribution in [-0.2, 0) is 4.79 Å². The van der Waals surface area contributed by atoms with Crippen LogP contribution >= 0.6 is 35.2 Å². The summed E-state index contributed by atoms with van der Waals surface area (Å²) in [4.78, 5) is 22.6. The third-order valence-corrected chi connectivity index (χ3v) is 2.93. The molecular weight excluding hydrogens is 311 g/mol. The second-order valence-electron chi connectivity index (χ2n) is 2.93. The second kappa shape index (κ2) is 4.93. The molecule has 4 heteroatoms. The Morgan fingerprint density at radius 2 is 2.07 bits per heavy atom. The Kier molecular flexibility index (Phi) is 4.12. The van der Waals surface area contributed by atoms with Gasteiger partial charge in [0.2, 0.25) is 0 Å². The zero-order valence-electron chi connectivity index (χ0n) is 7.53. The molecule has 0 spiro atoms. The molecule has 14 heavy (non-hydrogen) atoms. The van der Waals surface area contributed by atoms with Crippen molar-refractivity contribution in [1.82, 2.24) is 0 Å². The van der Waals surface area contributed by atoms with Gasteiger partial charge in [-0.3, -0.25) is 9.59 Å². The molecular formula is C10H9IO2S. The topological polar surface area (TPSA) is 34.1 Å². The lowest BCUT2D eigenvalue weighted by Gasteiger charge is -2.05. The molecule has 74 valence electrons. The molecule has 1 aromatic rings. The van der Waals surface area contributed by atoms with Crippen molar-refractivity contribution in [3.8, 4) is 0 Å². The van der Waals surface area contributed by atoms with Crippen molar-refractivity contribution < 1.29 is 9.59 Å². The summed E-state index contributed by atoms with van der Waals surface area (Å²) in [5, 5.41) is -0.395. The molecule has 1 rings (SSSR count). The number of benzene rings is 1. The molecule has 0 fully saturated rings. The first-order chi connectivity index (χ1) is 6.52. The van der Waals surface area contributed by atoms with Gasteiger partial charge in [-0.25, -0.2) is 0 Å². The van der Waals surface area contributed by atoms with Crippen molar-refractivity contribution in [2.75, 3.05) is 0 Å². The molecule has 1 atom stereocenters. The number of Topliss-reactive ketones (excluding diaryl/α,β-unsaturated/α-hetero) is 1. The van der Waals surface area contributed by atoms with Gasteiger partial charge in [-0.05, 0) is 41.6 Å². The molecule has 0 aliphatic rings. The van der Waals surface area contributed by atoms with E-state index in [9.17, 15) is 9.59 Å². The van der Waals surface area contributed by atoms with Gasteiger partial charge in [0.1, 0.15) is 0 Å². The number of thiol groups is 1. The quantitative estimate of drug-likeness (QED) is 0.402. The fraction of sp³-hybridized carbons (Fsp3) is 0.200. The molecule has 0 aliphatic heterocycles. The van der Waals surface area contributed by atoms with Gasteiger partial charge in [-0.15, -0.1) is 12.6 Å². The van der Waals surface area contributed by atoms with E-state index in [2.05, 4.69) is 35.2 Å². The summed E-state index contributed by atoms with van der Waals surface area (Å²) in [6.07, 6.45) is 0. The van der Waals surface area contributed by atoms with Crippen LogP contribution in [0.2, 0.25) is 0 Å². The van der Waals surface area contributed by atoms with Crippen LogP contribution in [0.5, 0.6) is 0 Å². The van der Waals surface area contributed by atoms with E-state index in [-0.39, 0.29) is 5.78 Å². The van der Waals surface area contributed by atoms with Crippen LogP contribution in [0.15, 0.2) is 24.3 Å². The highest BCUT2D eigenvalue weighted by atomic mass is 127. The van der Waals surface area contributed by atoms with Crippen LogP contribution in [0.1, 0.15) is 17.3 Å². The van der Waals surface area contributed by atoms with Crippen LogP contribution in [0.25, 0.3) is 0 Å². The Balaban J connectivity index is 2.95. The maximum absolute atomic E-state index is 11.7. The third-order valence-electron chi connectivity index (χ3n) is 1.87. The fourth-order valence-electron chi connectivity index (χ4n) is 1.00. The molecule has 1 unspecified atom stereocenters. The maximum Gasteiger partial charge on any atom is 0.196 e. The van der Waals surface area contributed by atoms with E-state index in [1.807, 2.05) is 6.07 Å². The van der Waals surface area contributed by atoms with Gasteiger partial charge in [0.15, 0.2) is 10.9 Å². The molecule has 0 heterocycles. The van der Waals surface area contributed by atoms with Crippen molar-refractivity contribution in [2.24, 2.45) is 5.92 Å². The van der Waals surface area contributed by atoms with Crippen molar-refractivity contribution in [1.29, 1.82) is 0 Å². The van der Waals surface area contributed by atoms with E-state index in [1.54, 1.807) is 25.1 Å². The molecule has 0 N–H and O–H groups in total. The van der Waals surface area contributed by atoms with Crippen LogP contribution in [0, 0.1) is 9.49 Å². The van der Waals surface area contributed by atoms with Gasteiger partial charge in [0, 0.05) is 9.13 Å². The summed E-state index contributed by atoms with van der Waals surface area (Å²) < 4.78 is 0.979. The first-order valence-electron chi connectivity index (χ1n) is 4.05. The van der Waals surface area contributed by atoms with E-state index in [1.165, 1.54) is 0 Å². The summed E-state index contributed by atoms with van der Waals surface area (Å²) in [5.74, 6) is -0.847. The minimum absolute atomic E-state index is 0.177. The van der Waals surface area contributed by atoms with Gasteiger partial charge in [0.05, 0.1) is 5.92 Å². The van der Waals surface area contributed by atoms with E-state index in [0.29, 0.717) is 5.56 Å². The molecule has 0 bridgehead atoms. The molecule has 0 aliphatic carbocycles. The Labute approximate surface area is 102 Å². The van der Waals surface area contributed by atoms with E-state index < -0.39 is 11.0 Å². The minimum atomic E-state index is -0.670. The SMILES string of the molecule is CC(C(=O)S)C(=O)c1cccc(I)c1. The smallest absolute Gasteiger partial charge is 0.196 e. The number of hydrogen-bond acceptors (Lipinski definition) is 2. The maximum atomic E-state index is 11.7. The Morgan fingerprint density at radius 3 is 2.57 bits per heavy atom. The third kappa shape index (κ3) is 2.81. The van der Waals surface area contributed by atoms with Gasteiger partial charge in [-0.1, -0.05) is 12.1 Å². The summed E-state index contributed by atoms with van der Waals surface area (Å²) >= 11 is 5.77. The van der Waals surface area contributed by atoms with E-state index in [0.717, 1.165) is 3.57 Å². The Morgan fingerprint density at radius 1 is 1.43 bits per heavy atom. The molecule has 0 saturated heterocycles. The number of rotatable bonds is 3. The van der Waals surface area contributed by atoms with Crippen molar-refractivity contribution in [3.05, 3.63) is 33.4 Å². The number of carbonyl (C=O) groups excluding carboxylic acids is 2. The van der Waals surface area contributed by atoms with Gasteiger partial charge in [-0.2, -0.15) is 0 Å². The number of halogens is 1. The van der Waals surface area contributed by atoms with E-state index in [4.69, 9.17) is 0 Å². The van der Waals surface area contributed by atoms with Crippen molar-refractivity contribution in [3.63, 3.8) is 0 Å². The molecule has 0 amide bonds. The summed E-state index contributed by atoms with van der Waals surface area (Å²) in [7, 11) is 0.